The molecule has 1 aromatic rings. The molecule has 0 radical (unpaired) electrons. The maximum atomic E-state index is 10.5. The highest BCUT2D eigenvalue weighted by atomic mass is 16.5. The molecule has 1 aromatic carbocycles. The lowest BCUT2D eigenvalue weighted by Gasteiger charge is -2.15. The van der Waals surface area contributed by atoms with Gasteiger partial charge in [-0.25, -0.2) is 0 Å². The van der Waals surface area contributed by atoms with E-state index in [1.54, 1.807) is 0 Å². The number of ether oxygens (including phenoxy) is 1. The van der Waals surface area contributed by atoms with E-state index in [4.69, 9.17) is 9.84 Å². The van der Waals surface area contributed by atoms with Gasteiger partial charge in [-0.05, 0) is 43.5 Å². The summed E-state index contributed by atoms with van der Waals surface area (Å²) in [5.41, 5.74) is 1.17. The fourth-order valence-corrected chi connectivity index (χ4v) is 1.87. The van der Waals surface area contributed by atoms with E-state index in [0.29, 0.717) is 6.54 Å². The molecule has 4 nitrogen and oxygen atoms in total. The zero-order chi connectivity index (χ0) is 13.7. The lowest BCUT2D eigenvalue weighted by Crippen LogP contribution is -2.21. The Morgan fingerprint density at radius 1 is 1.37 bits per heavy atom. The van der Waals surface area contributed by atoms with E-state index in [9.17, 15) is 4.79 Å². The van der Waals surface area contributed by atoms with Gasteiger partial charge in [-0.2, -0.15) is 0 Å². The Morgan fingerprint density at radius 3 is 2.63 bits per heavy atom. The number of benzene rings is 1. The summed E-state index contributed by atoms with van der Waals surface area (Å²) in [6.45, 7) is 2.16. The molecule has 0 spiro atoms. The van der Waals surface area contributed by atoms with Crippen molar-refractivity contribution in [2.75, 3.05) is 20.2 Å². The zero-order valence-corrected chi connectivity index (χ0v) is 11.3. The standard InChI is InChI=1S/C15H21NO3/c1-16(9-8-15(17)18)10-12-4-6-14(7-5-12)19-11-13-2-3-13/h4-7,13H,2-3,8-11H2,1H3,(H,17,18). The number of nitrogens with zero attached hydrogens (tertiary/aromatic N) is 1. The molecule has 0 atom stereocenters. The lowest BCUT2D eigenvalue weighted by atomic mass is 10.2. The fourth-order valence-electron chi connectivity index (χ4n) is 1.87. The lowest BCUT2D eigenvalue weighted by molar-refractivity contribution is -0.137. The van der Waals surface area contributed by atoms with E-state index in [-0.39, 0.29) is 6.42 Å². The van der Waals surface area contributed by atoms with Crippen molar-refractivity contribution in [3.8, 4) is 5.75 Å². The third kappa shape index (κ3) is 5.30. The Labute approximate surface area is 114 Å². The van der Waals surface area contributed by atoms with Crippen molar-refractivity contribution < 1.29 is 14.6 Å². The number of aliphatic carboxylic acids is 1. The third-order valence-electron chi connectivity index (χ3n) is 3.27. The van der Waals surface area contributed by atoms with Crippen molar-refractivity contribution >= 4 is 5.97 Å². The first kappa shape index (κ1) is 13.9. The molecule has 0 amide bonds. The van der Waals surface area contributed by atoms with E-state index < -0.39 is 5.97 Å². The van der Waals surface area contributed by atoms with Crippen LogP contribution in [0.2, 0.25) is 0 Å². The second kappa shape index (κ2) is 6.57. The normalized spacial score (nSPS) is 14.6. The van der Waals surface area contributed by atoms with Crippen LogP contribution in [0, 0.1) is 5.92 Å². The van der Waals surface area contributed by atoms with Crippen molar-refractivity contribution in [3.63, 3.8) is 0 Å². The molecule has 1 aliphatic carbocycles. The third-order valence-corrected chi connectivity index (χ3v) is 3.27. The van der Waals surface area contributed by atoms with Gasteiger partial charge in [0, 0.05) is 13.1 Å². The summed E-state index contributed by atoms with van der Waals surface area (Å²) in [5.74, 6) is 0.932. The quantitative estimate of drug-likeness (QED) is 0.782. The molecule has 0 heterocycles. The molecular weight excluding hydrogens is 242 g/mol. The largest absolute Gasteiger partial charge is 0.493 e. The molecule has 4 heteroatoms. The molecule has 0 saturated heterocycles. The van der Waals surface area contributed by atoms with Crippen LogP contribution in [-0.4, -0.2) is 36.2 Å². The van der Waals surface area contributed by atoms with Crippen LogP contribution in [0.1, 0.15) is 24.8 Å². The van der Waals surface area contributed by atoms with Crippen molar-refractivity contribution in [2.24, 2.45) is 5.92 Å². The number of carbonyl (C=O) groups is 1. The Morgan fingerprint density at radius 2 is 2.05 bits per heavy atom. The van der Waals surface area contributed by atoms with E-state index in [1.165, 1.54) is 18.4 Å². The molecular formula is C15H21NO3. The van der Waals surface area contributed by atoms with Crippen LogP contribution in [0.4, 0.5) is 0 Å². The topological polar surface area (TPSA) is 49.8 Å². The fraction of sp³-hybridized carbons (Fsp3) is 0.533. The summed E-state index contributed by atoms with van der Waals surface area (Å²) in [6, 6.07) is 8.06. The van der Waals surface area contributed by atoms with E-state index in [2.05, 4.69) is 0 Å². The molecule has 104 valence electrons. The highest BCUT2D eigenvalue weighted by Crippen LogP contribution is 2.29. The number of carboxylic acids is 1. The first-order valence-corrected chi connectivity index (χ1v) is 6.75. The summed E-state index contributed by atoms with van der Waals surface area (Å²) in [4.78, 5) is 12.5. The van der Waals surface area contributed by atoms with Gasteiger partial charge in [0.05, 0.1) is 13.0 Å². The molecule has 1 saturated carbocycles. The number of hydrogen-bond donors (Lipinski definition) is 1. The maximum Gasteiger partial charge on any atom is 0.304 e. The molecule has 0 bridgehead atoms. The van der Waals surface area contributed by atoms with E-state index in [1.807, 2.05) is 36.2 Å². The van der Waals surface area contributed by atoms with Crippen LogP contribution >= 0.6 is 0 Å². The second-order valence-electron chi connectivity index (χ2n) is 5.28. The van der Waals surface area contributed by atoms with Crippen molar-refractivity contribution in [2.45, 2.75) is 25.8 Å². The Kier molecular flexibility index (Phi) is 4.80. The minimum atomic E-state index is -0.754. The Hall–Kier alpha value is -1.55. The van der Waals surface area contributed by atoms with E-state index in [0.717, 1.165) is 24.8 Å². The van der Waals surface area contributed by atoms with E-state index >= 15 is 0 Å². The predicted octanol–water partition coefficient (Wildman–Crippen LogP) is 2.38. The molecule has 0 aliphatic heterocycles. The van der Waals surface area contributed by atoms with Crippen molar-refractivity contribution in [1.29, 1.82) is 0 Å². The van der Waals surface area contributed by atoms with Gasteiger partial charge in [-0.15, -0.1) is 0 Å². The van der Waals surface area contributed by atoms with Gasteiger partial charge in [-0.3, -0.25) is 4.79 Å². The van der Waals surface area contributed by atoms with Crippen molar-refractivity contribution in [1.82, 2.24) is 4.90 Å². The van der Waals surface area contributed by atoms with Gasteiger partial charge in [0.25, 0.3) is 0 Å². The van der Waals surface area contributed by atoms with Crippen LogP contribution in [0.5, 0.6) is 5.75 Å². The van der Waals surface area contributed by atoms with Crippen LogP contribution < -0.4 is 4.74 Å². The first-order chi connectivity index (χ1) is 9.13. The SMILES string of the molecule is CN(CCC(=O)O)Cc1ccc(OCC2CC2)cc1. The molecule has 0 unspecified atom stereocenters. The average molecular weight is 263 g/mol. The monoisotopic (exact) mass is 263 g/mol. The Bertz CT molecular complexity index is 412. The summed E-state index contributed by atoms with van der Waals surface area (Å²) in [5, 5.41) is 8.63. The van der Waals surface area contributed by atoms with Gasteiger partial charge >= 0.3 is 5.97 Å². The van der Waals surface area contributed by atoms with Gasteiger partial charge in [0.2, 0.25) is 0 Å². The van der Waals surface area contributed by atoms with Crippen LogP contribution in [0.25, 0.3) is 0 Å². The van der Waals surface area contributed by atoms with Gasteiger partial charge in [0.15, 0.2) is 0 Å². The number of hydrogen-bond acceptors (Lipinski definition) is 3. The molecule has 1 fully saturated rings. The number of rotatable bonds is 8. The summed E-state index contributed by atoms with van der Waals surface area (Å²) in [6.07, 6.45) is 2.78. The van der Waals surface area contributed by atoms with Crippen molar-refractivity contribution in [3.05, 3.63) is 29.8 Å². The summed E-state index contributed by atoms with van der Waals surface area (Å²) in [7, 11) is 1.93. The molecule has 1 aliphatic rings. The highest BCUT2D eigenvalue weighted by molar-refractivity contribution is 5.66. The van der Waals surface area contributed by atoms with Gasteiger partial charge in [-0.1, -0.05) is 12.1 Å². The minimum absolute atomic E-state index is 0.180. The second-order valence-corrected chi connectivity index (χ2v) is 5.28. The van der Waals surface area contributed by atoms with Gasteiger partial charge < -0.3 is 14.7 Å². The average Bonchev–Trinajstić information content (AvgIpc) is 3.20. The molecule has 19 heavy (non-hydrogen) atoms. The number of carboxylic acid groups (broad SMARTS) is 1. The summed E-state index contributed by atoms with van der Waals surface area (Å²) < 4.78 is 5.68. The molecule has 2 rings (SSSR count). The molecule has 1 N–H and O–H groups in total. The first-order valence-electron chi connectivity index (χ1n) is 6.75. The smallest absolute Gasteiger partial charge is 0.304 e. The van der Waals surface area contributed by atoms with Crippen LogP contribution in [0.3, 0.4) is 0 Å². The van der Waals surface area contributed by atoms with Crippen LogP contribution in [-0.2, 0) is 11.3 Å². The minimum Gasteiger partial charge on any atom is -0.493 e. The maximum absolute atomic E-state index is 10.5. The molecule has 0 aromatic heterocycles. The predicted molar refractivity (Wildman–Crippen MR) is 73.2 cm³/mol. The summed E-state index contributed by atoms with van der Waals surface area (Å²) >= 11 is 0. The van der Waals surface area contributed by atoms with Gasteiger partial charge in [0.1, 0.15) is 5.75 Å². The Balaban J connectivity index is 1.75. The van der Waals surface area contributed by atoms with Crippen LogP contribution in [0.15, 0.2) is 24.3 Å². The zero-order valence-electron chi connectivity index (χ0n) is 11.3. The highest BCUT2D eigenvalue weighted by Gasteiger charge is 2.21.